The van der Waals surface area contributed by atoms with Gasteiger partial charge < -0.3 is 0 Å². The Labute approximate surface area is 95.4 Å². The summed E-state index contributed by atoms with van der Waals surface area (Å²) in [4.78, 5) is 14.5. The molecular formula is C14H15NO. The van der Waals surface area contributed by atoms with Gasteiger partial charge in [0.15, 0.2) is 0 Å². The first kappa shape index (κ1) is 9.80. The summed E-state index contributed by atoms with van der Waals surface area (Å²) in [5, 5.41) is 0. The van der Waals surface area contributed by atoms with Crippen LogP contribution < -0.4 is 0 Å². The standard InChI is InChI=1S/C14H15NO/c16-10-15-14(8-1-9-14)13-6-4-12(5-7-13)11-2-3-11/h4-7,11H,1-3,8-9H2. The predicted octanol–water partition coefficient (Wildman–Crippen LogP) is 3.28. The minimum Gasteiger partial charge on any atom is -0.211 e. The average molecular weight is 213 g/mol. The van der Waals surface area contributed by atoms with Gasteiger partial charge in [0.25, 0.3) is 0 Å². The highest BCUT2D eigenvalue weighted by Crippen LogP contribution is 2.46. The van der Waals surface area contributed by atoms with Crippen molar-refractivity contribution in [1.29, 1.82) is 0 Å². The molecule has 2 aliphatic carbocycles. The molecule has 2 saturated carbocycles. The van der Waals surface area contributed by atoms with Crippen LogP contribution in [0.15, 0.2) is 29.3 Å². The third-order valence-corrected chi connectivity index (χ3v) is 3.94. The number of hydrogen-bond acceptors (Lipinski definition) is 2. The van der Waals surface area contributed by atoms with Crippen molar-refractivity contribution >= 4 is 6.08 Å². The monoisotopic (exact) mass is 213 g/mol. The van der Waals surface area contributed by atoms with Crippen LogP contribution in [0.3, 0.4) is 0 Å². The molecule has 0 heterocycles. The van der Waals surface area contributed by atoms with Gasteiger partial charge in [-0.3, -0.25) is 0 Å². The average Bonchev–Trinajstić information content (AvgIpc) is 3.08. The van der Waals surface area contributed by atoms with E-state index in [1.54, 1.807) is 6.08 Å². The number of rotatable bonds is 3. The molecule has 2 nitrogen and oxygen atoms in total. The molecule has 0 spiro atoms. The molecular weight excluding hydrogens is 198 g/mol. The molecule has 1 aromatic rings. The van der Waals surface area contributed by atoms with Gasteiger partial charge in [-0.05, 0) is 49.1 Å². The van der Waals surface area contributed by atoms with Crippen molar-refractivity contribution in [2.75, 3.05) is 0 Å². The van der Waals surface area contributed by atoms with Crippen LogP contribution in [-0.2, 0) is 10.3 Å². The molecule has 0 unspecified atom stereocenters. The second-order valence-electron chi connectivity index (χ2n) is 4.98. The lowest BCUT2D eigenvalue weighted by atomic mass is 9.72. The first-order chi connectivity index (χ1) is 7.84. The van der Waals surface area contributed by atoms with E-state index in [-0.39, 0.29) is 5.54 Å². The van der Waals surface area contributed by atoms with Crippen molar-refractivity contribution in [3.63, 3.8) is 0 Å². The maximum Gasteiger partial charge on any atom is 0.235 e. The zero-order chi connectivity index (χ0) is 11.0. The first-order valence-corrected chi connectivity index (χ1v) is 6.03. The van der Waals surface area contributed by atoms with Gasteiger partial charge in [-0.1, -0.05) is 24.3 Å². The van der Waals surface area contributed by atoms with Crippen LogP contribution in [0.25, 0.3) is 0 Å². The van der Waals surface area contributed by atoms with Crippen LogP contribution in [0, 0.1) is 0 Å². The van der Waals surface area contributed by atoms with E-state index < -0.39 is 0 Å². The minimum atomic E-state index is -0.232. The van der Waals surface area contributed by atoms with Crippen LogP contribution in [-0.4, -0.2) is 6.08 Å². The van der Waals surface area contributed by atoms with Crippen molar-refractivity contribution in [1.82, 2.24) is 0 Å². The van der Waals surface area contributed by atoms with E-state index in [1.807, 2.05) is 0 Å². The van der Waals surface area contributed by atoms with Crippen molar-refractivity contribution < 1.29 is 4.79 Å². The van der Waals surface area contributed by atoms with Gasteiger partial charge in [0.05, 0.1) is 5.54 Å². The zero-order valence-corrected chi connectivity index (χ0v) is 9.28. The second kappa shape index (κ2) is 3.57. The van der Waals surface area contributed by atoms with E-state index in [0.29, 0.717) is 0 Å². The Morgan fingerprint density at radius 2 is 1.88 bits per heavy atom. The summed E-state index contributed by atoms with van der Waals surface area (Å²) in [7, 11) is 0. The number of hydrogen-bond donors (Lipinski definition) is 0. The molecule has 2 aliphatic rings. The number of nitrogens with zero attached hydrogens (tertiary/aromatic N) is 1. The van der Waals surface area contributed by atoms with E-state index in [4.69, 9.17) is 0 Å². The quantitative estimate of drug-likeness (QED) is 0.559. The largest absolute Gasteiger partial charge is 0.235 e. The maximum atomic E-state index is 10.5. The Bertz CT molecular complexity index is 434. The molecule has 0 aromatic heterocycles. The molecule has 0 N–H and O–H groups in total. The number of benzene rings is 1. The fourth-order valence-corrected chi connectivity index (χ4v) is 2.55. The number of carbonyl (C=O) groups excluding carboxylic acids is 1. The Hall–Kier alpha value is -1.40. The summed E-state index contributed by atoms with van der Waals surface area (Å²) in [6.45, 7) is 0. The summed E-state index contributed by atoms with van der Waals surface area (Å²) < 4.78 is 0. The summed E-state index contributed by atoms with van der Waals surface area (Å²) in [6.07, 6.45) is 7.54. The van der Waals surface area contributed by atoms with Crippen LogP contribution in [0.1, 0.15) is 49.1 Å². The summed E-state index contributed by atoms with van der Waals surface area (Å²) in [6, 6.07) is 8.70. The normalized spacial score (nSPS) is 22.0. The lowest BCUT2D eigenvalue weighted by molar-refractivity contribution is 0.256. The van der Waals surface area contributed by atoms with E-state index in [0.717, 1.165) is 25.2 Å². The topological polar surface area (TPSA) is 29.4 Å². The van der Waals surface area contributed by atoms with Crippen LogP contribution in [0.2, 0.25) is 0 Å². The lowest BCUT2D eigenvalue weighted by Crippen LogP contribution is -2.31. The summed E-state index contributed by atoms with van der Waals surface area (Å²) >= 11 is 0. The lowest BCUT2D eigenvalue weighted by Gasteiger charge is -2.37. The van der Waals surface area contributed by atoms with Gasteiger partial charge in [-0.2, -0.15) is 4.99 Å². The summed E-state index contributed by atoms with van der Waals surface area (Å²) in [5.74, 6) is 0.793. The van der Waals surface area contributed by atoms with Crippen molar-refractivity contribution in [2.45, 2.75) is 43.6 Å². The second-order valence-corrected chi connectivity index (χ2v) is 4.98. The highest BCUT2D eigenvalue weighted by molar-refractivity contribution is 5.40. The van der Waals surface area contributed by atoms with Gasteiger partial charge in [0.1, 0.15) is 0 Å². The van der Waals surface area contributed by atoms with Gasteiger partial charge in [0.2, 0.25) is 6.08 Å². The molecule has 1 aromatic carbocycles. The number of aliphatic imine (C=N–C) groups is 1. The third kappa shape index (κ3) is 1.50. The van der Waals surface area contributed by atoms with Gasteiger partial charge in [-0.15, -0.1) is 0 Å². The molecule has 0 bridgehead atoms. The Morgan fingerprint density at radius 3 is 2.31 bits per heavy atom. The van der Waals surface area contributed by atoms with Gasteiger partial charge >= 0.3 is 0 Å². The van der Waals surface area contributed by atoms with Gasteiger partial charge in [-0.25, -0.2) is 4.79 Å². The maximum absolute atomic E-state index is 10.5. The van der Waals surface area contributed by atoms with E-state index in [1.165, 1.54) is 24.0 Å². The fourth-order valence-electron chi connectivity index (χ4n) is 2.55. The fraction of sp³-hybridized carbons (Fsp3) is 0.500. The Morgan fingerprint density at radius 1 is 1.19 bits per heavy atom. The molecule has 2 fully saturated rings. The highest BCUT2D eigenvalue weighted by atomic mass is 16.1. The van der Waals surface area contributed by atoms with Gasteiger partial charge in [0, 0.05) is 0 Å². The highest BCUT2D eigenvalue weighted by Gasteiger charge is 2.38. The van der Waals surface area contributed by atoms with Crippen molar-refractivity contribution in [3.05, 3.63) is 35.4 Å². The van der Waals surface area contributed by atoms with Crippen molar-refractivity contribution in [2.24, 2.45) is 4.99 Å². The zero-order valence-electron chi connectivity index (χ0n) is 9.28. The SMILES string of the molecule is O=C=NC1(c2ccc(C3CC3)cc2)CCC1. The van der Waals surface area contributed by atoms with Crippen LogP contribution in [0.4, 0.5) is 0 Å². The van der Waals surface area contributed by atoms with E-state index >= 15 is 0 Å². The van der Waals surface area contributed by atoms with E-state index in [9.17, 15) is 4.79 Å². The summed E-state index contributed by atoms with van der Waals surface area (Å²) in [5.41, 5.74) is 2.39. The molecule has 0 aliphatic heterocycles. The Balaban J connectivity index is 1.90. The molecule has 16 heavy (non-hydrogen) atoms. The Kier molecular flexibility index (Phi) is 2.19. The van der Waals surface area contributed by atoms with E-state index in [2.05, 4.69) is 29.3 Å². The predicted molar refractivity (Wildman–Crippen MR) is 62.1 cm³/mol. The molecule has 82 valence electrons. The first-order valence-electron chi connectivity index (χ1n) is 6.03. The van der Waals surface area contributed by atoms with Crippen LogP contribution >= 0.6 is 0 Å². The molecule has 3 rings (SSSR count). The molecule has 0 radical (unpaired) electrons. The molecule has 0 atom stereocenters. The van der Waals surface area contributed by atoms with Crippen molar-refractivity contribution in [3.8, 4) is 0 Å². The third-order valence-electron chi connectivity index (χ3n) is 3.94. The molecule has 0 amide bonds. The van der Waals surface area contributed by atoms with Crippen LogP contribution in [0.5, 0.6) is 0 Å². The molecule has 2 heteroatoms. The smallest absolute Gasteiger partial charge is 0.211 e. The number of isocyanates is 1. The minimum absolute atomic E-state index is 0.232. The molecule has 0 saturated heterocycles.